The molecule has 1 aromatic heterocycles. The van der Waals surface area contributed by atoms with Gasteiger partial charge < -0.3 is 19.7 Å². The van der Waals surface area contributed by atoms with E-state index in [1.807, 2.05) is 0 Å². The molecule has 0 spiro atoms. The van der Waals surface area contributed by atoms with Crippen LogP contribution in [-0.4, -0.2) is 48.3 Å². The van der Waals surface area contributed by atoms with E-state index in [4.69, 9.17) is 21.0 Å². The van der Waals surface area contributed by atoms with E-state index in [0.717, 1.165) is 12.3 Å². The van der Waals surface area contributed by atoms with Crippen LogP contribution in [0.3, 0.4) is 0 Å². The second-order valence-electron chi connectivity index (χ2n) is 2.69. The zero-order valence-corrected chi connectivity index (χ0v) is 7.51. The van der Waals surface area contributed by atoms with Crippen molar-refractivity contribution in [2.24, 2.45) is 0 Å². The van der Waals surface area contributed by atoms with E-state index < -0.39 is 39.0 Å². The summed E-state index contributed by atoms with van der Waals surface area (Å²) in [4.78, 5) is 3.86. The molecule has 0 aliphatic carbocycles. The van der Waals surface area contributed by atoms with Crippen molar-refractivity contribution in [2.75, 3.05) is 31.0 Å². The molecule has 1 aromatic rings. The number of aromatic nitrogens is 1. The predicted octanol–water partition coefficient (Wildman–Crippen LogP) is -1.40. The molecule has 0 saturated carbocycles. The minimum Gasteiger partial charge on any atom is -0.423 e. The molecular formula is C9H13BN2O3. The van der Waals surface area contributed by atoms with Gasteiger partial charge in [-0.25, -0.2) is 4.98 Å². The highest BCUT2D eigenvalue weighted by Crippen LogP contribution is 2.09. The van der Waals surface area contributed by atoms with Crippen molar-refractivity contribution >= 4 is 18.4 Å². The third kappa shape index (κ3) is 2.47. The third-order valence-corrected chi connectivity index (χ3v) is 1.71. The fourth-order valence-electron chi connectivity index (χ4n) is 1.02. The van der Waals surface area contributed by atoms with E-state index >= 15 is 0 Å². The largest absolute Gasteiger partial charge is 0.488 e. The first kappa shape index (κ1) is 4.41. The molecule has 0 amide bonds. The summed E-state index contributed by atoms with van der Waals surface area (Å²) in [7, 11) is -1.94. The van der Waals surface area contributed by atoms with Gasteiger partial charge in [-0.05, 0) is 17.6 Å². The number of hydrogen-bond acceptors (Lipinski definition) is 5. The molecule has 1 aliphatic heterocycles. The fourth-order valence-corrected chi connectivity index (χ4v) is 1.02. The third-order valence-electron chi connectivity index (χ3n) is 1.71. The highest BCUT2D eigenvalue weighted by Gasteiger charge is 2.16. The van der Waals surface area contributed by atoms with Crippen molar-refractivity contribution in [2.45, 2.75) is 0 Å². The molecule has 0 atom stereocenters. The average Bonchev–Trinajstić information content (AvgIpc) is 2.35. The summed E-state index contributed by atoms with van der Waals surface area (Å²) in [6.07, 6.45) is 1.04. The summed E-state index contributed by atoms with van der Waals surface area (Å²) in [5.74, 6) is -0.512. The van der Waals surface area contributed by atoms with Crippen LogP contribution in [0, 0.1) is 0 Å². The van der Waals surface area contributed by atoms with Gasteiger partial charge in [0.25, 0.3) is 0 Å². The molecule has 0 bridgehead atoms. The molecule has 1 saturated heterocycles. The van der Waals surface area contributed by atoms with Gasteiger partial charge >= 0.3 is 7.12 Å². The van der Waals surface area contributed by atoms with E-state index in [1.165, 1.54) is 6.07 Å². The number of pyridine rings is 1. The van der Waals surface area contributed by atoms with Gasteiger partial charge in [0.05, 0.1) is 24.1 Å². The Bertz CT molecular complexity index is 588. The van der Waals surface area contributed by atoms with Crippen molar-refractivity contribution in [3.05, 3.63) is 18.3 Å². The second-order valence-corrected chi connectivity index (χ2v) is 2.69. The summed E-state index contributed by atoms with van der Waals surface area (Å²) in [6, 6.07) is 2.11. The number of ether oxygens (including phenoxy) is 1. The SMILES string of the molecule is [2H]C1([2H])OC([2H])([2H])C([2H])([2H])N(c2cc(B(O)O)ccn2)C1([2H])[2H]. The normalized spacial score (nSPS) is 37.9. The molecule has 2 heterocycles. The number of rotatable bonds is 2. The van der Waals surface area contributed by atoms with Gasteiger partial charge in [-0.15, -0.1) is 0 Å². The zero-order valence-electron chi connectivity index (χ0n) is 15.5. The lowest BCUT2D eigenvalue weighted by Gasteiger charge is -2.27. The molecule has 0 aromatic carbocycles. The maximum Gasteiger partial charge on any atom is 0.488 e. The smallest absolute Gasteiger partial charge is 0.423 e. The minimum atomic E-state index is -3.20. The number of hydrogen-bond donors (Lipinski definition) is 2. The topological polar surface area (TPSA) is 65.8 Å². The van der Waals surface area contributed by atoms with Crippen LogP contribution in [0.25, 0.3) is 0 Å². The van der Waals surface area contributed by atoms with Crippen LogP contribution < -0.4 is 10.4 Å². The molecule has 6 heteroatoms. The van der Waals surface area contributed by atoms with Gasteiger partial charge in [0.2, 0.25) is 0 Å². The summed E-state index contributed by atoms with van der Waals surface area (Å²) >= 11 is 0. The molecule has 0 unspecified atom stereocenters. The Morgan fingerprint density at radius 3 is 2.87 bits per heavy atom. The van der Waals surface area contributed by atoms with Gasteiger partial charge in [-0.1, -0.05) is 0 Å². The van der Waals surface area contributed by atoms with Crippen LogP contribution in [-0.2, 0) is 4.74 Å². The molecule has 1 fully saturated rings. The van der Waals surface area contributed by atoms with Crippen LogP contribution in [0.5, 0.6) is 0 Å². The van der Waals surface area contributed by atoms with Crippen molar-refractivity contribution in [1.29, 1.82) is 0 Å². The Kier molecular flexibility index (Phi) is 1.35. The second kappa shape index (κ2) is 4.61. The van der Waals surface area contributed by atoms with Crippen LogP contribution >= 0.6 is 0 Å². The lowest BCUT2D eigenvalue weighted by Crippen LogP contribution is -2.38. The highest BCUT2D eigenvalue weighted by atomic mass is 16.5. The van der Waals surface area contributed by atoms with Crippen LogP contribution in [0.4, 0.5) is 5.82 Å². The average molecular weight is 216 g/mol. The van der Waals surface area contributed by atoms with E-state index in [9.17, 15) is 0 Å². The molecule has 5 nitrogen and oxygen atoms in total. The number of anilines is 1. The zero-order chi connectivity index (χ0) is 17.8. The van der Waals surface area contributed by atoms with Crippen LogP contribution in [0.2, 0.25) is 0 Å². The molecule has 15 heavy (non-hydrogen) atoms. The highest BCUT2D eigenvalue weighted by molar-refractivity contribution is 6.58. The Hall–Kier alpha value is -1.11. The monoisotopic (exact) mass is 216 g/mol. The lowest BCUT2D eigenvalue weighted by molar-refractivity contribution is 0.122. The Labute approximate surface area is 99.7 Å². The molecule has 80 valence electrons. The van der Waals surface area contributed by atoms with Gasteiger partial charge in [-0.3, -0.25) is 0 Å². The first-order valence-corrected chi connectivity index (χ1v) is 4.07. The summed E-state index contributed by atoms with van der Waals surface area (Å²) in [5, 5.41) is 18.3. The quantitative estimate of drug-likeness (QED) is 0.595. The van der Waals surface area contributed by atoms with Crippen molar-refractivity contribution in [3.8, 4) is 0 Å². The first-order chi connectivity index (χ1) is 10.2. The maximum absolute atomic E-state index is 9.16. The summed E-state index contributed by atoms with van der Waals surface area (Å²) in [5.41, 5.74) is -0.144. The van der Waals surface area contributed by atoms with Crippen molar-refractivity contribution < 1.29 is 25.8 Å². The molecule has 0 radical (unpaired) electrons. The van der Waals surface area contributed by atoms with Gasteiger partial charge in [-0.2, -0.15) is 0 Å². The minimum absolute atomic E-state index is 0.144. The predicted molar refractivity (Wildman–Crippen MR) is 57.1 cm³/mol. The van der Waals surface area contributed by atoms with E-state index in [1.54, 1.807) is 0 Å². The Morgan fingerprint density at radius 2 is 2.20 bits per heavy atom. The summed E-state index contributed by atoms with van der Waals surface area (Å²) in [6.45, 7) is -12.7. The lowest BCUT2D eigenvalue weighted by atomic mass is 9.81. The molecule has 1 aliphatic rings. The van der Waals surface area contributed by atoms with Crippen LogP contribution in [0.15, 0.2) is 18.3 Å². The van der Waals surface area contributed by atoms with E-state index in [-0.39, 0.29) is 10.4 Å². The molecule has 2 N–H and O–H groups in total. The fraction of sp³-hybridized carbons (Fsp3) is 0.444. The molecule has 2 rings (SSSR count). The number of nitrogens with zero attached hydrogens (tertiary/aromatic N) is 2. The van der Waals surface area contributed by atoms with Crippen LogP contribution in [0.1, 0.15) is 11.0 Å². The van der Waals surface area contributed by atoms with Gasteiger partial charge in [0, 0.05) is 19.2 Å². The Balaban J connectivity index is 2.66. The number of morpholine rings is 1. The van der Waals surface area contributed by atoms with Crippen molar-refractivity contribution in [3.63, 3.8) is 0 Å². The first-order valence-electron chi connectivity index (χ1n) is 8.07. The van der Waals surface area contributed by atoms with Crippen molar-refractivity contribution in [1.82, 2.24) is 4.98 Å². The van der Waals surface area contributed by atoms with Gasteiger partial charge in [0.1, 0.15) is 5.82 Å². The van der Waals surface area contributed by atoms with E-state index in [0.29, 0.717) is 0 Å². The molecular weight excluding hydrogens is 195 g/mol. The standard InChI is InChI=1S/C9H13BN2O3/c13-10(14)8-1-2-11-9(7-8)12-3-5-15-6-4-12/h1-2,7,13-14H,3-6H2/i3D2,4D2,5D2,6D2. The van der Waals surface area contributed by atoms with Gasteiger partial charge in [0.15, 0.2) is 0 Å². The maximum atomic E-state index is 9.16. The summed E-state index contributed by atoms with van der Waals surface area (Å²) < 4.78 is 66.1. The van der Waals surface area contributed by atoms with E-state index in [2.05, 4.69) is 9.72 Å². The Morgan fingerprint density at radius 1 is 1.47 bits per heavy atom.